The summed E-state index contributed by atoms with van der Waals surface area (Å²) in [4.78, 5) is 1.20. The SMILES string of the molecule is CC.Cc1ccccc1-c1ccccc1SS. The van der Waals surface area contributed by atoms with E-state index in [1.807, 2.05) is 19.9 Å². The Balaban J connectivity index is 0.000000686. The van der Waals surface area contributed by atoms with E-state index in [4.69, 9.17) is 0 Å². The Kier molecular flexibility index (Phi) is 6.23. The summed E-state index contributed by atoms with van der Waals surface area (Å²) < 4.78 is 0. The van der Waals surface area contributed by atoms with Gasteiger partial charge in [-0.05, 0) is 29.7 Å². The molecule has 2 aromatic carbocycles. The molecule has 0 aliphatic carbocycles. The van der Waals surface area contributed by atoms with Crippen molar-refractivity contribution in [2.75, 3.05) is 0 Å². The van der Waals surface area contributed by atoms with Crippen LogP contribution < -0.4 is 0 Å². The van der Waals surface area contributed by atoms with Gasteiger partial charge in [0.15, 0.2) is 0 Å². The van der Waals surface area contributed by atoms with Crippen LogP contribution in [0.2, 0.25) is 0 Å². The number of hydrogen-bond acceptors (Lipinski definition) is 2. The maximum Gasteiger partial charge on any atom is 0.0258 e. The fraction of sp³-hybridized carbons (Fsp3) is 0.200. The Morgan fingerprint density at radius 3 is 1.94 bits per heavy atom. The lowest BCUT2D eigenvalue weighted by atomic mass is 10.0. The standard InChI is InChI=1S/C13H12S2.C2H6/c1-10-6-2-3-7-11(10)12-8-4-5-9-13(12)15-14;1-2/h2-9,14H,1H3;1-2H3. The number of thiol groups is 1. The highest BCUT2D eigenvalue weighted by molar-refractivity contribution is 8.68. The summed E-state index contributed by atoms with van der Waals surface area (Å²) in [6.45, 7) is 6.13. The lowest BCUT2D eigenvalue weighted by molar-refractivity contribution is 1.40. The van der Waals surface area contributed by atoms with E-state index in [0.29, 0.717) is 0 Å². The molecule has 0 atom stereocenters. The Hall–Kier alpha value is -0.860. The van der Waals surface area contributed by atoms with E-state index in [2.05, 4.69) is 61.0 Å². The average Bonchev–Trinajstić information content (AvgIpc) is 2.41. The molecule has 0 unspecified atom stereocenters. The van der Waals surface area contributed by atoms with Crippen LogP contribution in [0.5, 0.6) is 0 Å². The van der Waals surface area contributed by atoms with Gasteiger partial charge in [-0.3, -0.25) is 0 Å². The molecule has 0 saturated heterocycles. The van der Waals surface area contributed by atoms with Gasteiger partial charge in [0.1, 0.15) is 0 Å². The molecule has 0 bridgehead atoms. The molecule has 0 nitrogen and oxygen atoms in total. The molecule has 17 heavy (non-hydrogen) atoms. The van der Waals surface area contributed by atoms with Crippen LogP contribution in [-0.2, 0) is 0 Å². The highest BCUT2D eigenvalue weighted by atomic mass is 33.1. The first-order valence-electron chi connectivity index (χ1n) is 5.79. The van der Waals surface area contributed by atoms with Gasteiger partial charge in [-0.2, -0.15) is 0 Å². The first-order chi connectivity index (χ1) is 8.33. The second kappa shape index (κ2) is 7.46. The van der Waals surface area contributed by atoms with Crippen molar-refractivity contribution in [1.29, 1.82) is 0 Å². The molecule has 2 heteroatoms. The van der Waals surface area contributed by atoms with Crippen molar-refractivity contribution < 1.29 is 0 Å². The molecule has 2 rings (SSSR count). The molecular formula is C15H18S2. The minimum absolute atomic E-state index is 1.20. The van der Waals surface area contributed by atoms with Gasteiger partial charge in [0.05, 0.1) is 0 Å². The maximum atomic E-state index is 4.28. The summed E-state index contributed by atoms with van der Waals surface area (Å²) in [5.41, 5.74) is 3.84. The van der Waals surface area contributed by atoms with Gasteiger partial charge in [0, 0.05) is 4.90 Å². The summed E-state index contributed by atoms with van der Waals surface area (Å²) in [5, 5.41) is 0. The molecule has 0 saturated carbocycles. The van der Waals surface area contributed by atoms with Crippen molar-refractivity contribution >= 4 is 22.5 Å². The van der Waals surface area contributed by atoms with Crippen LogP contribution in [0.15, 0.2) is 53.4 Å². The van der Waals surface area contributed by atoms with Gasteiger partial charge >= 0.3 is 0 Å². The van der Waals surface area contributed by atoms with Crippen molar-refractivity contribution in [3.05, 3.63) is 54.1 Å². The Labute approximate surface area is 113 Å². The smallest absolute Gasteiger partial charge is 0.0258 e. The molecular weight excluding hydrogens is 244 g/mol. The highest BCUT2D eigenvalue weighted by Gasteiger charge is 2.05. The van der Waals surface area contributed by atoms with Crippen LogP contribution in [0.1, 0.15) is 19.4 Å². The summed E-state index contributed by atoms with van der Waals surface area (Å²) in [6, 6.07) is 16.8. The van der Waals surface area contributed by atoms with Gasteiger partial charge in [0.2, 0.25) is 0 Å². The molecule has 0 fully saturated rings. The Morgan fingerprint density at radius 2 is 1.35 bits per heavy atom. The fourth-order valence-electron chi connectivity index (χ4n) is 1.64. The largest absolute Gasteiger partial charge is 0.106 e. The third-order valence-corrected chi connectivity index (χ3v) is 3.56. The molecule has 0 spiro atoms. The number of hydrogen-bond donors (Lipinski definition) is 1. The van der Waals surface area contributed by atoms with Crippen LogP contribution in [-0.4, -0.2) is 0 Å². The predicted octanol–water partition coefficient (Wildman–Crippen LogP) is 5.63. The minimum Gasteiger partial charge on any atom is -0.106 e. The van der Waals surface area contributed by atoms with E-state index in [1.165, 1.54) is 32.4 Å². The van der Waals surface area contributed by atoms with Crippen molar-refractivity contribution in [2.24, 2.45) is 0 Å². The number of benzene rings is 2. The van der Waals surface area contributed by atoms with Crippen LogP contribution >= 0.6 is 22.5 Å². The van der Waals surface area contributed by atoms with Crippen LogP contribution in [0.25, 0.3) is 11.1 Å². The number of aryl methyl sites for hydroxylation is 1. The Bertz CT molecular complexity index is 464. The molecule has 0 amide bonds. The van der Waals surface area contributed by atoms with E-state index >= 15 is 0 Å². The zero-order chi connectivity index (χ0) is 12.7. The average molecular weight is 262 g/mol. The van der Waals surface area contributed by atoms with Gasteiger partial charge in [-0.1, -0.05) is 67.1 Å². The summed E-state index contributed by atoms with van der Waals surface area (Å²) in [5.74, 6) is 0. The number of rotatable bonds is 2. The summed E-state index contributed by atoms with van der Waals surface area (Å²) >= 11 is 4.28. The normalized spacial score (nSPS) is 9.41. The predicted molar refractivity (Wildman–Crippen MR) is 82.8 cm³/mol. The molecule has 2 aromatic rings. The third kappa shape index (κ3) is 3.55. The molecule has 0 aliphatic rings. The first-order valence-corrected chi connectivity index (χ1v) is 7.66. The van der Waals surface area contributed by atoms with Crippen molar-refractivity contribution in [1.82, 2.24) is 0 Å². The molecule has 0 heterocycles. The van der Waals surface area contributed by atoms with Crippen LogP contribution in [0.4, 0.5) is 0 Å². The quantitative estimate of drug-likeness (QED) is 0.541. The van der Waals surface area contributed by atoms with Gasteiger partial charge in [-0.25, -0.2) is 0 Å². The summed E-state index contributed by atoms with van der Waals surface area (Å²) in [7, 11) is 1.49. The molecule has 90 valence electrons. The lowest BCUT2D eigenvalue weighted by Gasteiger charge is -2.09. The zero-order valence-electron chi connectivity index (χ0n) is 10.5. The van der Waals surface area contributed by atoms with E-state index in [0.717, 1.165) is 0 Å². The van der Waals surface area contributed by atoms with E-state index in [9.17, 15) is 0 Å². The van der Waals surface area contributed by atoms with Gasteiger partial charge in [-0.15, -0.1) is 11.7 Å². The molecule has 0 aromatic heterocycles. The molecule has 0 N–H and O–H groups in total. The monoisotopic (exact) mass is 262 g/mol. The van der Waals surface area contributed by atoms with Crippen molar-refractivity contribution in [2.45, 2.75) is 25.7 Å². The second-order valence-electron chi connectivity index (χ2n) is 3.40. The van der Waals surface area contributed by atoms with Gasteiger partial charge in [0.25, 0.3) is 0 Å². The second-order valence-corrected chi connectivity index (χ2v) is 4.57. The molecule has 0 aliphatic heterocycles. The zero-order valence-corrected chi connectivity index (χ0v) is 12.2. The van der Waals surface area contributed by atoms with Crippen molar-refractivity contribution in [3.63, 3.8) is 0 Å². The highest BCUT2D eigenvalue weighted by Crippen LogP contribution is 2.34. The van der Waals surface area contributed by atoms with Crippen LogP contribution in [0.3, 0.4) is 0 Å². The summed E-state index contributed by atoms with van der Waals surface area (Å²) in [6.07, 6.45) is 0. The lowest BCUT2D eigenvalue weighted by Crippen LogP contribution is -1.84. The van der Waals surface area contributed by atoms with Crippen LogP contribution in [0, 0.1) is 6.92 Å². The van der Waals surface area contributed by atoms with Gasteiger partial charge < -0.3 is 0 Å². The van der Waals surface area contributed by atoms with E-state index < -0.39 is 0 Å². The first kappa shape index (κ1) is 14.2. The molecule has 0 radical (unpaired) electrons. The maximum absolute atomic E-state index is 4.28. The minimum atomic E-state index is 1.20. The van der Waals surface area contributed by atoms with Crippen molar-refractivity contribution in [3.8, 4) is 11.1 Å². The Morgan fingerprint density at radius 1 is 0.824 bits per heavy atom. The third-order valence-electron chi connectivity index (χ3n) is 2.42. The van der Waals surface area contributed by atoms with E-state index in [-0.39, 0.29) is 0 Å². The van der Waals surface area contributed by atoms with E-state index in [1.54, 1.807) is 0 Å². The topological polar surface area (TPSA) is 0 Å². The fourth-order valence-corrected chi connectivity index (χ4v) is 2.54.